The summed E-state index contributed by atoms with van der Waals surface area (Å²) in [5.74, 6) is -0.187. The first kappa shape index (κ1) is 10.0. The fraction of sp³-hybridized carbons (Fsp3) is 0.143. The number of hydrogen-bond donors (Lipinski definition) is 1. The summed E-state index contributed by atoms with van der Waals surface area (Å²) in [5.41, 5.74) is 4.88. The zero-order valence-electron chi connectivity index (χ0n) is 6.30. The summed E-state index contributed by atoms with van der Waals surface area (Å²) < 4.78 is 24.5. The van der Waals surface area contributed by atoms with Crippen molar-refractivity contribution in [1.82, 2.24) is 4.98 Å². The highest BCUT2D eigenvalue weighted by Gasteiger charge is 2.15. The highest BCUT2D eigenvalue weighted by molar-refractivity contribution is 9.10. The van der Waals surface area contributed by atoms with E-state index in [0.717, 1.165) is 0 Å². The summed E-state index contributed by atoms with van der Waals surface area (Å²) in [7, 11) is 0. The normalized spacial score (nSPS) is 10.5. The van der Waals surface area contributed by atoms with E-state index in [1.165, 1.54) is 6.07 Å². The van der Waals surface area contributed by atoms with Crippen LogP contribution in [0.15, 0.2) is 10.5 Å². The number of hydrogen-bond acceptors (Lipinski definition) is 3. The quantitative estimate of drug-likeness (QED) is 0.819. The molecule has 0 aliphatic carbocycles. The third kappa shape index (κ3) is 2.00. The molecule has 0 saturated heterocycles. The van der Waals surface area contributed by atoms with Gasteiger partial charge < -0.3 is 5.73 Å². The second-order valence-corrected chi connectivity index (χ2v) is 3.10. The Bertz CT molecular complexity index is 344. The van der Waals surface area contributed by atoms with Crippen molar-refractivity contribution in [2.45, 2.75) is 6.43 Å². The Balaban J connectivity index is 3.28. The van der Waals surface area contributed by atoms with E-state index >= 15 is 0 Å². The molecule has 0 unspecified atom stereocenters. The lowest BCUT2D eigenvalue weighted by atomic mass is 10.2. The fourth-order valence-corrected chi connectivity index (χ4v) is 1.29. The number of carbonyl (C=O) groups is 1. The van der Waals surface area contributed by atoms with Crippen molar-refractivity contribution >= 4 is 28.0 Å². The molecule has 6 heteroatoms. The van der Waals surface area contributed by atoms with Gasteiger partial charge >= 0.3 is 0 Å². The van der Waals surface area contributed by atoms with Crippen molar-refractivity contribution in [3.8, 4) is 0 Å². The second kappa shape index (κ2) is 3.78. The van der Waals surface area contributed by atoms with Crippen LogP contribution in [0, 0.1) is 0 Å². The van der Waals surface area contributed by atoms with Crippen molar-refractivity contribution in [1.29, 1.82) is 0 Å². The minimum atomic E-state index is -2.71. The van der Waals surface area contributed by atoms with E-state index in [9.17, 15) is 13.6 Å². The van der Waals surface area contributed by atoms with Crippen molar-refractivity contribution in [3.63, 3.8) is 0 Å². The Morgan fingerprint density at radius 1 is 1.62 bits per heavy atom. The Morgan fingerprint density at radius 2 is 2.23 bits per heavy atom. The number of aromatic nitrogens is 1. The van der Waals surface area contributed by atoms with Crippen LogP contribution in [0.4, 0.5) is 14.6 Å². The van der Waals surface area contributed by atoms with E-state index < -0.39 is 12.1 Å². The smallest absolute Gasteiger partial charge is 0.281 e. The van der Waals surface area contributed by atoms with E-state index in [-0.39, 0.29) is 15.9 Å². The van der Waals surface area contributed by atoms with Gasteiger partial charge in [-0.1, -0.05) is 0 Å². The molecule has 1 rings (SSSR count). The number of carbonyl (C=O) groups excluding carboxylic acids is 1. The van der Waals surface area contributed by atoms with E-state index in [2.05, 4.69) is 20.9 Å². The molecule has 0 atom stereocenters. The summed E-state index contributed by atoms with van der Waals surface area (Å²) in [4.78, 5) is 13.7. The standard InChI is InChI=1S/C7H5BrF2N2O/c8-4-1-3(2-13)7(11)12-5(4)6(9)10/h1-2,6H,(H2,11,12). The molecule has 0 saturated carbocycles. The van der Waals surface area contributed by atoms with Crippen LogP contribution in [0.3, 0.4) is 0 Å². The van der Waals surface area contributed by atoms with Gasteiger partial charge in [-0.3, -0.25) is 4.79 Å². The number of nitrogens with zero attached hydrogens (tertiary/aromatic N) is 1. The molecular formula is C7H5BrF2N2O. The molecule has 3 nitrogen and oxygen atoms in total. The average Bonchev–Trinajstić information content (AvgIpc) is 2.07. The number of pyridine rings is 1. The fourth-order valence-electron chi connectivity index (χ4n) is 0.780. The van der Waals surface area contributed by atoms with Gasteiger partial charge in [-0.05, 0) is 22.0 Å². The summed E-state index contributed by atoms with van der Waals surface area (Å²) in [6.45, 7) is 0. The van der Waals surface area contributed by atoms with Gasteiger partial charge in [-0.25, -0.2) is 13.8 Å². The number of halogens is 3. The van der Waals surface area contributed by atoms with Crippen LogP contribution in [0.5, 0.6) is 0 Å². The lowest BCUT2D eigenvalue weighted by Crippen LogP contribution is -2.01. The highest BCUT2D eigenvalue weighted by atomic mass is 79.9. The van der Waals surface area contributed by atoms with Crippen LogP contribution in [-0.4, -0.2) is 11.3 Å². The van der Waals surface area contributed by atoms with Crippen molar-refractivity contribution in [3.05, 3.63) is 21.8 Å². The minimum Gasteiger partial charge on any atom is -0.383 e. The van der Waals surface area contributed by atoms with Gasteiger partial charge in [-0.15, -0.1) is 0 Å². The molecule has 1 heterocycles. The average molecular weight is 251 g/mol. The Labute approximate surface area is 81.1 Å². The third-order valence-electron chi connectivity index (χ3n) is 1.40. The number of anilines is 1. The van der Waals surface area contributed by atoms with Gasteiger partial charge in [0.1, 0.15) is 11.5 Å². The zero-order chi connectivity index (χ0) is 10.0. The molecule has 2 N–H and O–H groups in total. The first-order valence-electron chi connectivity index (χ1n) is 3.25. The topological polar surface area (TPSA) is 56.0 Å². The van der Waals surface area contributed by atoms with Crippen LogP contribution in [0.1, 0.15) is 22.5 Å². The van der Waals surface area contributed by atoms with E-state index in [1.54, 1.807) is 0 Å². The third-order valence-corrected chi connectivity index (χ3v) is 2.03. The number of rotatable bonds is 2. The molecule has 1 aromatic rings. The van der Waals surface area contributed by atoms with Crippen LogP contribution >= 0.6 is 15.9 Å². The van der Waals surface area contributed by atoms with E-state index in [0.29, 0.717) is 6.29 Å². The molecule has 0 aromatic carbocycles. The molecule has 0 aliphatic heterocycles. The number of aldehydes is 1. The molecular weight excluding hydrogens is 246 g/mol. The predicted molar refractivity (Wildman–Crippen MR) is 46.7 cm³/mol. The second-order valence-electron chi connectivity index (χ2n) is 2.25. The minimum absolute atomic E-state index is 0.0822. The maximum absolute atomic E-state index is 12.2. The molecule has 0 aliphatic rings. The summed E-state index contributed by atoms with van der Waals surface area (Å²) in [6.07, 6.45) is -2.25. The van der Waals surface area contributed by atoms with E-state index in [1.807, 2.05) is 0 Å². The van der Waals surface area contributed by atoms with Crippen molar-refractivity contribution in [2.75, 3.05) is 5.73 Å². The molecule has 0 spiro atoms. The van der Waals surface area contributed by atoms with Crippen molar-refractivity contribution in [2.24, 2.45) is 0 Å². The van der Waals surface area contributed by atoms with E-state index in [4.69, 9.17) is 5.73 Å². The molecule has 13 heavy (non-hydrogen) atoms. The highest BCUT2D eigenvalue weighted by Crippen LogP contribution is 2.27. The van der Waals surface area contributed by atoms with Gasteiger partial charge in [0.05, 0.1) is 5.56 Å². The monoisotopic (exact) mass is 250 g/mol. The molecule has 0 amide bonds. The van der Waals surface area contributed by atoms with Crippen LogP contribution in [-0.2, 0) is 0 Å². The number of nitrogens with two attached hydrogens (primary N) is 1. The summed E-state index contributed by atoms with van der Waals surface area (Å²) >= 11 is 2.87. The first-order chi connectivity index (χ1) is 6.06. The Kier molecular flexibility index (Phi) is 2.92. The molecule has 70 valence electrons. The SMILES string of the molecule is Nc1nc(C(F)F)c(Br)cc1C=O. The zero-order valence-corrected chi connectivity index (χ0v) is 7.88. The number of nitrogen functional groups attached to an aromatic ring is 1. The molecule has 1 aromatic heterocycles. The maximum Gasteiger partial charge on any atom is 0.281 e. The summed E-state index contributed by atoms with van der Waals surface area (Å²) in [5, 5.41) is 0. The molecule has 0 fully saturated rings. The first-order valence-corrected chi connectivity index (χ1v) is 4.04. The molecule has 0 bridgehead atoms. The predicted octanol–water partition coefficient (Wildman–Crippen LogP) is 2.18. The Hall–Kier alpha value is -1.04. The van der Waals surface area contributed by atoms with Gasteiger partial charge in [0.25, 0.3) is 6.43 Å². The van der Waals surface area contributed by atoms with Gasteiger partial charge in [0.15, 0.2) is 6.29 Å². The lowest BCUT2D eigenvalue weighted by Gasteiger charge is -2.04. The lowest BCUT2D eigenvalue weighted by molar-refractivity contribution is 0.112. The van der Waals surface area contributed by atoms with Gasteiger partial charge in [-0.2, -0.15) is 0 Å². The summed E-state index contributed by atoms with van der Waals surface area (Å²) in [6, 6.07) is 1.22. The van der Waals surface area contributed by atoms with Crippen LogP contribution in [0.2, 0.25) is 0 Å². The Morgan fingerprint density at radius 3 is 2.69 bits per heavy atom. The van der Waals surface area contributed by atoms with Gasteiger partial charge in [0.2, 0.25) is 0 Å². The number of alkyl halides is 2. The van der Waals surface area contributed by atoms with Gasteiger partial charge in [0, 0.05) is 4.47 Å². The molecule has 0 radical (unpaired) electrons. The largest absolute Gasteiger partial charge is 0.383 e. The van der Waals surface area contributed by atoms with Crippen LogP contribution in [0.25, 0.3) is 0 Å². The van der Waals surface area contributed by atoms with Crippen LogP contribution < -0.4 is 5.73 Å². The maximum atomic E-state index is 12.2. The van der Waals surface area contributed by atoms with Crippen molar-refractivity contribution < 1.29 is 13.6 Å².